The van der Waals surface area contributed by atoms with Crippen molar-refractivity contribution in [3.05, 3.63) is 63.6 Å². The van der Waals surface area contributed by atoms with Crippen LogP contribution in [0.5, 0.6) is 0 Å². The summed E-state index contributed by atoms with van der Waals surface area (Å²) in [4.78, 5) is 51.4. The van der Waals surface area contributed by atoms with Crippen LogP contribution in [-0.2, 0) is 14.3 Å². The van der Waals surface area contributed by atoms with Gasteiger partial charge in [-0.15, -0.1) is 0 Å². The Labute approximate surface area is 213 Å². The first-order valence-corrected chi connectivity index (χ1v) is 12.4. The molecule has 0 aromatic heterocycles. The van der Waals surface area contributed by atoms with Crippen molar-refractivity contribution in [1.82, 2.24) is 5.32 Å². The Morgan fingerprint density at radius 2 is 1.71 bits per heavy atom. The molecule has 1 aliphatic carbocycles. The first kappa shape index (κ1) is 25.4. The second-order valence-corrected chi connectivity index (χ2v) is 9.96. The van der Waals surface area contributed by atoms with Crippen LogP contribution in [-0.4, -0.2) is 42.3 Å². The quantitative estimate of drug-likeness (QED) is 0.321. The molecule has 2 aliphatic rings. The van der Waals surface area contributed by atoms with Crippen LogP contribution in [0.25, 0.3) is 0 Å². The molecular weight excluding hydrogens is 491 g/mol. The molecule has 1 saturated carbocycles. The molecule has 4 rings (SSSR count). The molecule has 1 heterocycles. The minimum atomic E-state index is -0.708. The van der Waals surface area contributed by atoms with Gasteiger partial charge in [0.1, 0.15) is 0 Å². The van der Waals surface area contributed by atoms with E-state index in [-0.39, 0.29) is 40.4 Å². The van der Waals surface area contributed by atoms with Crippen LogP contribution >= 0.6 is 23.2 Å². The second kappa shape index (κ2) is 10.9. The number of hydrogen-bond donors (Lipinski definition) is 1. The van der Waals surface area contributed by atoms with Crippen LogP contribution in [0.1, 0.15) is 59.7 Å². The molecule has 1 aliphatic heterocycles. The van der Waals surface area contributed by atoms with Gasteiger partial charge in [-0.3, -0.25) is 14.4 Å². The number of esters is 1. The average molecular weight is 517 g/mol. The maximum absolute atomic E-state index is 12.9. The summed E-state index contributed by atoms with van der Waals surface area (Å²) < 4.78 is 5.11. The highest BCUT2D eigenvalue weighted by molar-refractivity contribution is 6.36. The molecule has 0 spiro atoms. The predicted octanol–water partition coefficient (Wildman–Crippen LogP) is 4.83. The third-order valence-electron chi connectivity index (χ3n) is 6.53. The topological polar surface area (TPSA) is 92.8 Å². The van der Waals surface area contributed by atoms with Crippen molar-refractivity contribution in [2.45, 2.75) is 51.1 Å². The standard InChI is InChI=1S/C26H26Cl2N2O5/c1-15-2-7-18(8-3-15)29-22-13-24(32)30(25(22)33)19-9-4-16(5-10-19)26(34)35-14-23(31)20-11-6-17(27)12-21(20)28/h4-6,9-12,15,18,22,29H,2-3,7-8,13-14H2,1H3. The van der Waals surface area contributed by atoms with Crippen molar-refractivity contribution in [3.63, 3.8) is 0 Å². The third kappa shape index (κ3) is 5.92. The Balaban J connectivity index is 1.34. The molecule has 2 fully saturated rings. The molecule has 2 aromatic rings. The molecule has 7 nitrogen and oxygen atoms in total. The Kier molecular flexibility index (Phi) is 7.89. The van der Waals surface area contributed by atoms with E-state index < -0.39 is 24.4 Å². The molecule has 9 heteroatoms. The van der Waals surface area contributed by atoms with Crippen LogP contribution in [0.15, 0.2) is 42.5 Å². The number of Topliss-reactive ketones (excluding diaryl/α,β-unsaturated/α-hetero) is 1. The third-order valence-corrected chi connectivity index (χ3v) is 7.07. The first-order valence-electron chi connectivity index (χ1n) is 11.6. The Hall–Kier alpha value is -2.74. The van der Waals surface area contributed by atoms with E-state index in [9.17, 15) is 19.2 Å². The van der Waals surface area contributed by atoms with Crippen molar-refractivity contribution in [2.75, 3.05) is 11.5 Å². The van der Waals surface area contributed by atoms with Crippen LogP contribution in [0.3, 0.4) is 0 Å². The van der Waals surface area contributed by atoms with E-state index in [0.29, 0.717) is 16.6 Å². The summed E-state index contributed by atoms with van der Waals surface area (Å²) in [5.41, 5.74) is 0.784. The van der Waals surface area contributed by atoms with Crippen LogP contribution in [0, 0.1) is 5.92 Å². The van der Waals surface area contributed by atoms with Gasteiger partial charge in [0.05, 0.1) is 28.7 Å². The zero-order valence-corrected chi connectivity index (χ0v) is 20.8. The number of rotatable bonds is 7. The number of nitrogens with one attached hydrogen (secondary N) is 1. The molecular formula is C26H26Cl2N2O5. The van der Waals surface area contributed by atoms with Crippen LogP contribution < -0.4 is 10.2 Å². The minimum absolute atomic E-state index is 0.115. The fourth-order valence-electron chi connectivity index (χ4n) is 4.50. The van der Waals surface area contributed by atoms with Gasteiger partial charge in [-0.05, 0) is 74.1 Å². The number of carbonyl (C=O) groups is 4. The van der Waals surface area contributed by atoms with Crippen molar-refractivity contribution in [3.8, 4) is 0 Å². The number of halogens is 2. The normalized spacial score (nSPS) is 22.4. The van der Waals surface area contributed by atoms with Gasteiger partial charge in [-0.1, -0.05) is 30.1 Å². The van der Waals surface area contributed by atoms with Crippen molar-refractivity contribution in [1.29, 1.82) is 0 Å². The number of benzene rings is 2. The second-order valence-electron chi connectivity index (χ2n) is 9.12. The highest BCUT2D eigenvalue weighted by Gasteiger charge is 2.40. The lowest BCUT2D eigenvalue weighted by Crippen LogP contribution is -2.45. The van der Waals surface area contributed by atoms with Gasteiger partial charge in [0, 0.05) is 16.6 Å². The van der Waals surface area contributed by atoms with E-state index in [0.717, 1.165) is 30.6 Å². The highest BCUT2D eigenvalue weighted by Crippen LogP contribution is 2.27. The van der Waals surface area contributed by atoms with Crippen molar-refractivity contribution < 1.29 is 23.9 Å². The lowest BCUT2D eigenvalue weighted by molar-refractivity contribution is -0.121. The van der Waals surface area contributed by atoms with Crippen LogP contribution in [0.2, 0.25) is 10.0 Å². The van der Waals surface area contributed by atoms with Gasteiger partial charge in [-0.25, -0.2) is 9.69 Å². The zero-order chi connectivity index (χ0) is 25.1. The van der Waals surface area contributed by atoms with Crippen molar-refractivity contribution >= 4 is 52.5 Å². The smallest absolute Gasteiger partial charge is 0.338 e. The van der Waals surface area contributed by atoms with Gasteiger partial charge in [0.25, 0.3) is 5.91 Å². The molecule has 1 N–H and O–H groups in total. The Morgan fingerprint density at radius 3 is 2.37 bits per heavy atom. The molecule has 1 atom stereocenters. The van der Waals surface area contributed by atoms with Gasteiger partial charge >= 0.3 is 5.97 Å². The summed E-state index contributed by atoms with van der Waals surface area (Å²) in [7, 11) is 0. The average Bonchev–Trinajstić information content (AvgIpc) is 3.11. The highest BCUT2D eigenvalue weighted by atomic mass is 35.5. The fraction of sp³-hybridized carbons (Fsp3) is 0.385. The molecule has 2 aromatic carbocycles. The van der Waals surface area contributed by atoms with E-state index in [2.05, 4.69) is 12.2 Å². The molecule has 35 heavy (non-hydrogen) atoms. The largest absolute Gasteiger partial charge is 0.454 e. The van der Waals surface area contributed by atoms with Gasteiger partial charge in [0.2, 0.25) is 11.7 Å². The summed E-state index contributed by atoms with van der Waals surface area (Å²) in [5.74, 6) is -1.04. The van der Waals surface area contributed by atoms with Gasteiger partial charge in [-0.2, -0.15) is 0 Å². The van der Waals surface area contributed by atoms with Gasteiger partial charge in [0.15, 0.2) is 6.61 Å². The van der Waals surface area contributed by atoms with E-state index in [4.69, 9.17) is 27.9 Å². The monoisotopic (exact) mass is 516 g/mol. The maximum Gasteiger partial charge on any atom is 0.338 e. The molecule has 2 amide bonds. The summed E-state index contributed by atoms with van der Waals surface area (Å²) in [6.45, 7) is 1.74. The predicted molar refractivity (Wildman–Crippen MR) is 133 cm³/mol. The van der Waals surface area contributed by atoms with Crippen LogP contribution in [0.4, 0.5) is 5.69 Å². The molecule has 0 bridgehead atoms. The molecule has 1 saturated heterocycles. The SMILES string of the molecule is CC1CCC(NC2CC(=O)N(c3ccc(C(=O)OCC(=O)c4ccc(Cl)cc4Cl)cc3)C2=O)CC1. The van der Waals surface area contributed by atoms with E-state index in [1.54, 1.807) is 0 Å². The summed E-state index contributed by atoms with van der Waals surface area (Å²) >= 11 is 11.9. The summed E-state index contributed by atoms with van der Waals surface area (Å²) in [6.07, 6.45) is 4.35. The number of ether oxygens (including phenoxy) is 1. The number of imide groups is 1. The fourth-order valence-corrected chi connectivity index (χ4v) is 5.01. The van der Waals surface area contributed by atoms with E-state index >= 15 is 0 Å². The number of ketones is 1. The summed E-state index contributed by atoms with van der Waals surface area (Å²) in [6, 6.07) is 10.1. The molecule has 1 unspecified atom stereocenters. The number of amides is 2. The van der Waals surface area contributed by atoms with E-state index in [1.807, 2.05) is 0 Å². The van der Waals surface area contributed by atoms with Crippen molar-refractivity contribution in [2.24, 2.45) is 5.92 Å². The lowest BCUT2D eigenvalue weighted by Gasteiger charge is -2.28. The molecule has 0 radical (unpaired) electrons. The number of hydrogen-bond acceptors (Lipinski definition) is 6. The zero-order valence-electron chi connectivity index (χ0n) is 19.3. The van der Waals surface area contributed by atoms with E-state index in [1.165, 1.54) is 42.5 Å². The van der Waals surface area contributed by atoms with Gasteiger partial charge < -0.3 is 10.1 Å². The Morgan fingerprint density at radius 1 is 1.03 bits per heavy atom. The summed E-state index contributed by atoms with van der Waals surface area (Å²) in [5, 5.41) is 3.93. The number of nitrogens with zero attached hydrogens (tertiary/aromatic N) is 1. The molecule has 184 valence electrons. The first-order chi connectivity index (χ1) is 16.7. The lowest BCUT2D eigenvalue weighted by atomic mass is 9.87. The number of carbonyl (C=O) groups excluding carboxylic acids is 4. The maximum atomic E-state index is 12.9. The Bertz CT molecular complexity index is 1140. The minimum Gasteiger partial charge on any atom is -0.454 e. The number of anilines is 1.